The van der Waals surface area contributed by atoms with E-state index in [0.717, 1.165) is 57.9 Å². The molecule has 2 aromatic heterocycles. The lowest BCUT2D eigenvalue weighted by Crippen LogP contribution is -2.51. The van der Waals surface area contributed by atoms with E-state index in [1.807, 2.05) is 53.8 Å². The van der Waals surface area contributed by atoms with Gasteiger partial charge >= 0.3 is 0 Å². The third-order valence-corrected chi connectivity index (χ3v) is 5.44. The van der Waals surface area contributed by atoms with Gasteiger partial charge in [-0.05, 0) is 37.1 Å². The normalized spacial score (nSPS) is 18.8. The van der Waals surface area contributed by atoms with E-state index in [1.165, 1.54) is 5.69 Å². The Morgan fingerprint density at radius 3 is 2.23 bits per heavy atom. The number of pyridine rings is 2. The quantitative estimate of drug-likeness (QED) is 0.847. The van der Waals surface area contributed by atoms with Crippen LogP contribution in [0.3, 0.4) is 0 Å². The first kappa shape index (κ1) is 16.8. The molecule has 0 bridgehead atoms. The van der Waals surface area contributed by atoms with Gasteiger partial charge in [0.2, 0.25) is 5.91 Å². The molecular formula is C20H25N5O. The third kappa shape index (κ3) is 3.64. The van der Waals surface area contributed by atoms with Crippen molar-refractivity contribution >= 4 is 17.4 Å². The van der Waals surface area contributed by atoms with Crippen molar-refractivity contribution in [2.45, 2.75) is 12.8 Å². The molecule has 2 aliphatic rings. The van der Waals surface area contributed by atoms with Gasteiger partial charge < -0.3 is 14.7 Å². The summed E-state index contributed by atoms with van der Waals surface area (Å²) in [6.07, 6.45) is 7.34. The Labute approximate surface area is 154 Å². The lowest BCUT2D eigenvalue weighted by atomic mass is 9.94. The van der Waals surface area contributed by atoms with Crippen molar-refractivity contribution in [2.24, 2.45) is 5.92 Å². The maximum atomic E-state index is 12.9. The van der Waals surface area contributed by atoms with Gasteiger partial charge in [-0.2, -0.15) is 0 Å². The summed E-state index contributed by atoms with van der Waals surface area (Å²) in [5, 5.41) is 0. The smallest absolute Gasteiger partial charge is 0.225 e. The minimum absolute atomic E-state index is 0.162. The van der Waals surface area contributed by atoms with Crippen LogP contribution in [0.1, 0.15) is 12.8 Å². The highest BCUT2D eigenvalue weighted by Gasteiger charge is 2.30. The summed E-state index contributed by atoms with van der Waals surface area (Å²) in [7, 11) is 0. The molecule has 0 aromatic carbocycles. The van der Waals surface area contributed by atoms with Crippen molar-refractivity contribution in [3.63, 3.8) is 0 Å². The SMILES string of the molecule is O=C(C1CCN(c2ccncc2)CC1)N1CCN(c2ccccn2)CC1. The Morgan fingerprint density at radius 1 is 0.846 bits per heavy atom. The van der Waals surface area contributed by atoms with Crippen molar-refractivity contribution in [3.05, 3.63) is 48.9 Å². The largest absolute Gasteiger partial charge is 0.371 e. The van der Waals surface area contributed by atoms with Crippen LogP contribution in [0.2, 0.25) is 0 Å². The molecule has 2 aliphatic heterocycles. The number of hydrogen-bond donors (Lipinski definition) is 0. The maximum absolute atomic E-state index is 12.9. The molecule has 0 unspecified atom stereocenters. The number of carbonyl (C=O) groups excluding carboxylic acids is 1. The average molecular weight is 351 g/mol. The molecule has 0 saturated carbocycles. The Morgan fingerprint density at radius 2 is 1.58 bits per heavy atom. The van der Waals surface area contributed by atoms with Gasteiger partial charge in [-0.25, -0.2) is 4.98 Å². The van der Waals surface area contributed by atoms with Crippen molar-refractivity contribution in [1.29, 1.82) is 0 Å². The van der Waals surface area contributed by atoms with E-state index in [1.54, 1.807) is 0 Å². The predicted octanol–water partition coefficient (Wildman–Crippen LogP) is 2.04. The number of anilines is 2. The number of nitrogens with zero attached hydrogens (tertiary/aromatic N) is 5. The van der Waals surface area contributed by atoms with Crippen LogP contribution in [0.15, 0.2) is 48.9 Å². The van der Waals surface area contributed by atoms with Crippen LogP contribution < -0.4 is 9.80 Å². The number of amides is 1. The van der Waals surface area contributed by atoms with E-state index in [2.05, 4.69) is 19.8 Å². The fraction of sp³-hybridized carbons (Fsp3) is 0.450. The second-order valence-electron chi connectivity index (χ2n) is 6.97. The molecule has 0 atom stereocenters. The maximum Gasteiger partial charge on any atom is 0.225 e. The molecular weight excluding hydrogens is 326 g/mol. The van der Waals surface area contributed by atoms with Gasteiger partial charge in [0, 0.05) is 69.5 Å². The first-order chi connectivity index (χ1) is 12.8. The lowest BCUT2D eigenvalue weighted by Gasteiger charge is -2.39. The molecule has 0 N–H and O–H groups in total. The van der Waals surface area contributed by atoms with E-state index in [0.29, 0.717) is 5.91 Å². The molecule has 26 heavy (non-hydrogen) atoms. The fourth-order valence-electron chi connectivity index (χ4n) is 3.89. The summed E-state index contributed by atoms with van der Waals surface area (Å²) < 4.78 is 0. The van der Waals surface area contributed by atoms with Crippen molar-refractivity contribution in [1.82, 2.24) is 14.9 Å². The summed E-state index contributed by atoms with van der Waals surface area (Å²) >= 11 is 0. The Bertz CT molecular complexity index is 646. The Hall–Kier alpha value is -2.63. The van der Waals surface area contributed by atoms with Crippen molar-refractivity contribution in [2.75, 3.05) is 49.1 Å². The zero-order valence-corrected chi connectivity index (χ0v) is 15.0. The Balaban J connectivity index is 1.28. The third-order valence-electron chi connectivity index (χ3n) is 5.44. The second kappa shape index (κ2) is 7.72. The number of piperazine rings is 1. The number of aromatic nitrogens is 2. The summed E-state index contributed by atoms with van der Waals surface area (Å²) in [5.74, 6) is 1.50. The van der Waals surface area contributed by atoms with Crippen LogP contribution in [0.25, 0.3) is 0 Å². The van der Waals surface area contributed by atoms with Crippen LogP contribution in [0.4, 0.5) is 11.5 Å². The molecule has 1 amide bonds. The van der Waals surface area contributed by atoms with Crippen molar-refractivity contribution in [3.8, 4) is 0 Å². The molecule has 0 spiro atoms. The van der Waals surface area contributed by atoms with Gasteiger partial charge in [0.1, 0.15) is 5.82 Å². The van der Waals surface area contributed by atoms with E-state index in [9.17, 15) is 4.79 Å². The van der Waals surface area contributed by atoms with E-state index in [4.69, 9.17) is 0 Å². The van der Waals surface area contributed by atoms with Gasteiger partial charge in [-0.15, -0.1) is 0 Å². The fourth-order valence-corrected chi connectivity index (χ4v) is 3.89. The monoisotopic (exact) mass is 351 g/mol. The van der Waals surface area contributed by atoms with Crippen LogP contribution in [0.5, 0.6) is 0 Å². The molecule has 2 fully saturated rings. The molecule has 2 aromatic rings. The van der Waals surface area contributed by atoms with Crippen LogP contribution in [-0.2, 0) is 4.79 Å². The van der Waals surface area contributed by atoms with Crippen molar-refractivity contribution < 1.29 is 4.79 Å². The minimum atomic E-state index is 0.162. The molecule has 6 nitrogen and oxygen atoms in total. The lowest BCUT2D eigenvalue weighted by molar-refractivity contribution is -0.136. The van der Waals surface area contributed by atoms with Gasteiger partial charge in [-0.1, -0.05) is 6.07 Å². The highest BCUT2D eigenvalue weighted by atomic mass is 16.2. The zero-order chi connectivity index (χ0) is 17.8. The molecule has 6 heteroatoms. The molecule has 0 aliphatic carbocycles. The van der Waals surface area contributed by atoms with Crippen LogP contribution in [0, 0.1) is 5.92 Å². The van der Waals surface area contributed by atoms with E-state index >= 15 is 0 Å². The first-order valence-corrected chi connectivity index (χ1v) is 9.41. The first-order valence-electron chi connectivity index (χ1n) is 9.41. The number of carbonyl (C=O) groups is 1. The molecule has 4 rings (SSSR count). The zero-order valence-electron chi connectivity index (χ0n) is 15.0. The van der Waals surface area contributed by atoms with E-state index in [-0.39, 0.29) is 5.92 Å². The number of hydrogen-bond acceptors (Lipinski definition) is 5. The number of piperidine rings is 1. The highest BCUT2D eigenvalue weighted by Crippen LogP contribution is 2.25. The second-order valence-corrected chi connectivity index (χ2v) is 6.97. The Kier molecular flexibility index (Phi) is 5.00. The van der Waals surface area contributed by atoms with Gasteiger partial charge in [-0.3, -0.25) is 9.78 Å². The van der Waals surface area contributed by atoms with E-state index < -0.39 is 0 Å². The van der Waals surface area contributed by atoms with Gasteiger partial charge in [0.15, 0.2) is 0 Å². The minimum Gasteiger partial charge on any atom is -0.371 e. The molecule has 0 radical (unpaired) electrons. The van der Waals surface area contributed by atoms with Crippen LogP contribution in [-0.4, -0.2) is 60.0 Å². The summed E-state index contributed by atoms with van der Waals surface area (Å²) in [4.78, 5) is 28.1. The molecule has 4 heterocycles. The predicted molar refractivity (Wildman–Crippen MR) is 102 cm³/mol. The van der Waals surface area contributed by atoms with Crippen LogP contribution >= 0.6 is 0 Å². The number of rotatable bonds is 3. The average Bonchev–Trinajstić information content (AvgIpc) is 2.75. The molecule has 2 saturated heterocycles. The highest BCUT2D eigenvalue weighted by molar-refractivity contribution is 5.79. The topological polar surface area (TPSA) is 52.6 Å². The van der Waals surface area contributed by atoms with Gasteiger partial charge in [0.05, 0.1) is 0 Å². The summed E-state index contributed by atoms with van der Waals surface area (Å²) in [5.41, 5.74) is 1.20. The molecule has 136 valence electrons. The summed E-state index contributed by atoms with van der Waals surface area (Å²) in [6, 6.07) is 10.1. The standard InChI is InChI=1S/C20H25N5O/c26-20(17-6-11-23(12-7-17)18-4-9-21-10-5-18)25-15-13-24(14-16-25)19-3-1-2-8-22-19/h1-5,8-10,17H,6-7,11-16H2. The summed E-state index contributed by atoms with van der Waals surface area (Å²) in [6.45, 7) is 5.18. The van der Waals surface area contributed by atoms with Gasteiger partial charge in [0.25, 0.3) is 0 Å².